The van der Waals surface area contributed by atoms with Gasteiger partial charge in [0.15, 0.2) is 0 Å². The number of unbranched alkanes of at least 4 members (excludes halogenated alkanes) is 1. The van der Waals surface area contributed by atoms with Crippen molar-refractivity contribution >= 4 is 5.43 Å². The number of alkyl halides is 3. The van der Waals surface area contributed by atoms with Gasteiger partial charge in [0, 0.05) is 0 Å². The third-order valence-corrected chi connectivity index (χ3v) is 8.42. The molecule has 0 aliphatic carbocycles. The molecule has 0 saturated heterocycles. The molecule has 2 aromatic rings. The van der Waals surface area contributed by atoms with Crippen LogP contribution >= 0.6 is 0 Å². The van der Waals surface area contributed by atoms with E-state index in [0.29, 0.717) is 29.4 Å². The number of hydrogen-bond acceptors (Lipinski definition) is 0. The van der Waals surface area contributed by atoms with Gasteiger partial charge in [-0.2, -0.15) is 42.0 Å². The Morgan fingerprint density at radius 1 is 1.00 bits per heavy atom. The van der Waals surface area contributed by atoms with Gasteiger partial charge in [-0.25, -0.2) is 18.2 Å². The minimum absolute atomic E-state index is 0. The van der Waals surface area contributed by atoms with Crippen LogP contribution in [-0.2, 0) is 29.8 Å². The summed E-state index contributed by atoms with van der Waals surface area (Å²) in [6, 6.07) is 18.9. The van der Waals surface area contributed by atoms with Crippen molar-refractivity contribution in [3.05, 3.63) is 60.2 Å². The summed E-state index contributed by atoms with van der Waals surface area (Å²) in [7, 11) is 0. The summed E-state index contributed by atoms with van der Waals surface area (Å²) >= 11 is 0.689. The Balaban J connectivity index is -0.000000291. The van der Waals surface area contributed by atoms with E-state index in [0.717, 1.165) is 12.8 Å². The molecule has 7 heteroatoms. The first-order valence-corrected chi connectivity index (χ1v) is 13.3. The van der Waals surface area contributed by atoms with Gasteiger partial charge in [-0.15, -0.1) is 0 Å². The smallest absolute Gasteiger partial charge is 0.0636 e. The molecule has 2 rings (SSSR count). The van der Waals surface area contributed by atoms with E-state index < -0.39 is 11.2 Å². The second kappa shape index (κ2) is 18.9. The zero-order valence-electron chi connectivity index (χ0n) is 14.6. The summed E-state index contributed by atoms with van der Waals surface area (Å²) in [5.41, 5.74) is -0.513. The van der Waals surface area contributed by atoms with E-state index in [-0.39, 0.29) is 24.8 Å². The van der Waals surface area contributed by atoms with Crippen molar-refractivity contribution in [2.24, 2.45) is 0 Å². The largest absolute Gasteiger partial charge is 1.00 e. The van der Waals surface area contributed by atoms with Crippen LogP contribution < -0.4 is 24.8 Å². The fourth-order valence-corrected chi connectivity index (χ4v) is 3.98. The standard InChI is InChI=1S/C8H11.C5H9F3Si.C5H5.2ClH.Zr/c1-2-5-8-6-3-4-7-8;1-2-3-4-9-5(6,7)8;1-2-4-5-3-1;;;/h3-4,6-7H,2,5H2,1H3;2-4H2,1H3;1-5H;2*1H;/q-1;;-1;;;+2/p-2. The van der Waals surface area contributed by atoms with Crippen LogP contribution in [0.15, 0.2) is 54.6 Å². The molecule has 0 unspecified atom stereocenters. The number of aryl methyl sites for hydroxylation is 1. The molecular weight excluding hydrogens is 463 g/mol. The van der Waals surface area contributed by atoms with Gasteiger partial charge in [0.1, 0.15) is 0 Å². The fraction of sp³-hybridized carbons (Fsp3) is 0.444. The third-order valence-electron chi connectivity index (χ3n) is 2.95. The second-order valence-electron chi connectivity index (χ2n) is 5.09. The predicted octanol–water partition coefficient (Wildman–Crippen LogP) is 0.198. The maximum atomic E-state index is 11.8. The minimum Gasteiger partial charge on any atom is -1.00 e. The van der Waals surface area contributed by atoms with Crippen molar-refractivity contribution in [3.63, 3.8) is 0 Å². The third kappa shape index (κ3) is 18.8. The van der Waals surface area contributed by atoms with Gasteiger partial charge in [0.25, 0.3) is 0 Å². The van der Waals surface area contributed by atoms with Crippen molar-refractivity contribution in [3.8, 4) is 0 Å². The van der Waals surface area contributed by atoms with Crippen LogP contribution in [0.1, 0.15) is 38.7 Å². The number of rotatable bonds is 5. The van der Waals surface area contributed by atoms with Gasteiger partial charge < -0.3 is 24.8 Å². The van der Waals surface area contributed by atoms with Crippen molar-refractivity contribution in [1.82, 2.24) is 0 Å². The maximum Gasteiger partial charge on any atom is -0.0636 e. The normalized spacial score (nSPS) is 9.40. The van der Waals surface area contributed by atoms with Crippen LogP contribution in [-0.4, -0.2) is 11.2 Å². The summed E-state index contributed by atoms with van der Waals surface area (Å²) in [4.78, 5) is 0. The summed E-state index contributed by atoms with van der Waals surface area (Å²) in [6.45, 7) is 4.12. The van der Waals surface area contributed by atoms with Gasteiger partial charge in [-0.1, -0.05) is 19.8 Å². The van der Waals surface area contributed by atoms with Crippen LogP contribution in [0.25, 0.3) is 0 Å². The van der Waals surface area contributed by atoms with Gasteiger partial charge in [0.05, 0.1) is 0 Å². The second-order valence-corrected chi connectivity index (χ2v) is 11.6. The molecule has 0 aliphatic rings. The Bertz CT molecular complexity index is 466. The van der Waals surface area contributed by atoms with Crippen LogP contribution in [0.2, 0.25) is 6.04 Å². The molecule has 0 spiro atoms. The summed E-state index contributed by atoms with van der Waals surface area (Å²) in [6.07, 6.45) is 4.09. The Kier molecular flexibility index (Phi) is 22.7. The molecular formula is C18H25Cl2F3SiZr-2. The molecule has 0 aliphatic heterocycles. The van der Waals surface area contributed by atoms with E-state index >= 15 is 0 Å². The maximum absolute atomic E-state index is 11.8. The Labute approximate surface area is 177 Å². The SMILES string of the molecule is CCCC[Si](=[Zr+2])C(F)(F)F.CCCc1cc[cH-]c1.[Cl-].[Cl-].c1cc[cH-]c1. The van der Waals surface area contributed by atoms with Crippen LogP contribution in [0, 0.1) is 0 Å². The summed E-state index contributed by atoms with van der Waals surface area (Å²) < 4.78 is 35.5. The van der Waals surface area contributed by atoms with E-state index in [1.54, 1.807) is 0 Å². The van der Waals surface area contributed by atoms with E-state index in [2.05, 4.69) is 31.2 Å². The first-order valence-electron chi connectivity index (χ1n) is 7.93. The first kappa shape index (κ1) is 29.9. The fourth-order valence-electron chi connectivity index (χ4n) is 1.69. The van der Waals surface area contributed by atoms with Crippen LogP contribution in [0.3, 0.4) is 0 Å². The Hall–Kier alpha value is 0.170. The molecule has 0 atom stereocenters. The van der Waals surface area contributed by atoms with Gasteiger partial charge in [0.2, 0.25) is 0 Å². The van der Waals surface area contributed by atoms with Crippen molar-refractivity contribution in [2.45, 2.75) is 51.4 Å². The zero-order valence-corrected chi connectivity index (χ0v) is 19.6. The molecule has 0 aromatic heterocycles. The predicted molar refractivity (Wildman–Crippen MR) is 89.6 cm³/mol. The Morgan fingerprint density at radius 3 is 1.92 bits per heavy atom. The Morgan fingerprint density at radius 2 is 1.60 bits per heavy atom. The number of halogens is 5. The summed E-state index contributed by atoms with van der Waals surface area (Å²) in [5, 5.41) is 0. The van der Waals surface area contributed by atoms with Crippen molar-refractivity contribution in [1.29, 1.82) is 0 Å². The van der Waals surface area contributed by atoms with E-state index in [1.165, 1.54) is 18.4 Å². The van der Waals surface area contributed by atoms with E-state index in [4.69, 9.17) is 0 Å². The molecule has 25 heavy (non-hydrogen) atoms. The monoisotopic (exact) mass is 486 g/mol. The van der Waals surface area contributed by atoms with E-state index in [1.807, 2.05) is 37.3 Å². The first-order chi connectivity index (χ1) is 10.9. The zero-order chi connectivity index (χ0) is 17.6. The number of hydrogen-bond donors (Lipinski definition) is 0. The molecule has 2 aromatic carbocycles. The molecule has 0 amide bonds. The van der Waals surface area contributed by atoms with Crippen LogP contribution in [0.5, 0.6) is 0 Å². The summed E-state index contributed by atoms with van der Waals surface area (Å²) in [5.74, 6) is -3.85. The minimum atomic E-state index is -3.85. The molecule has 0 nitrogen and oxygen atoms in total. The molecule has 0 N–H and O–H groups in total. The van der Waals surface area contributed by atoms with Gasteiger partial charge >= 0.3 is 73.5 Å². The molecule has 0 fully saturated rings. The van der Waals surface area contributed by atoms with Crippen molar-refractivity contribution in [2.75, 3.05) is 0 Å². The molecule has 0 bridgehead atoms. The molecule has 0 radical (unpaired) electrons. The van der Waals surface area contributed by atoms with Gasteiger partial charge in [-0.3, -0.25) is 0 Å². The van der Waals surface area contributed by atoms with Crippen LogP contribution in [0.4, 0.5) is 13.2 Å². The average molecular weight is 489 g/mol. The molecule has 142 valence electrons. The van der Waals surface area contributed by atoms with Gasteiger partial charge in [-0.05, 0) is 0 Å². The quantitative estimate of drug-likeness (QED) is 0.417. The molecule has 0 saturated carbocycles. The topological polar surface area (TPSA) is 0 Å². The molecule has 0 heterocycles. The average Bonchev–Trinajstić information content (AvgIpc) is 3.20. The van der Waals surface area contributed by atoms with Crippen molar-refractivity contribution < 1.29 is 61.3 Å². The van der Waals surface area contributed by atoms with E-state index in [9.17, 15) is 13.2 Å².